The van der Waals surface area contributed by atoms with Gasteiger partial charge < -0.3 is 10.1 Å². The van der Waals surface area contributed by atoms with Crippen molar-refractivity contribution in [3.8, 4) is 17.0 Å². The molecule has 98 valence electrons. The second-order valence-corrected chi connectivity index (χ2v) is 4.71. The molecule has 0 bridgehead atoms. The first-order valence-corrected chi connectivity index (χ1v) is 6.83. The van der Waals surface area contributed by atoms with Crippen molar-refractivity contribution in [3.63, 3.8) is 0 Å². The summed E-state index contributed by atoms with van der Waals surface area (Å²) >= 11 is 0. The van der Waals surface area contributed by atoms with Crippen molar-refractivity contribution in [2.24, 2.45) is 0 Å². The summed E-state index contributed by atoms with van der Waals surface area (Å²) in [5, 5.41) is 3.32. The molecular weight excluding hydrogens is 236 g/mol. The van der Waals surface area contributed by atoms with Crippen molar-refractivity contribution in [3.05, 3.63) is 42.1 Å². The molecule has 2 heterocycles. The zero-order valence-electron chi connectivity index (χ0n) is 11.1. The third kappa shape index (κ3) is 2.41. The fourth-order valence-corrected chi connectivity index (χ4v) is 2.48. The number of pyridine rings is 1. The summed E-state index contributed by atoms with van der Waals surface area (Å²) < 4.78 is 5.85. The van der Waals surface area contributed by atoms with E-state index in [-0.39, 0.29) is 0 Å². The molecule has 2 aromatic rings. The maximum absolute atomic E-state index is 5.85. The third-order valence-corrected chi connectivity index (χ3v) is 3.35. The molecule has 0 radical (unpaired) electrons. The third-order valence-electron chi connectivity index (χ3n) is 3.35. The Kier molecular flexibility index (Phi) is 3.36. The van der Waals surface area contributed by atoms with E-state index in [9.17, 15) is 0 Å². The Hall–Kier alpha value is -2.03. The van der Waals surface area contributed by atoms with Crippen molar-refractivity contribution in [1.82, 2.24) is 4.98 Å². The molecule has 1 aliphatic rings. The van der Waals surface area contributed by atoms with Gasteiger partial charge in [0.2, 0.25) is 0 Å². The smallest absolute Gasteiger partial charge is 0.131 e. The van der Waals surface area contributed by atoms with Gasteiger partial charge >= 0.3 is 0 Å². The molecule has 0 aliphatic carbocycles. The van der Waals surface area contributed by atoms with Gasteiger partial charge in [0, 0.05) is 24.0 Å². The van der Waals surface area contributed by atoms with E-state index in [0.29, 0.717) is 0 Å². The highest BCUT2D eigenvalue weighted by Crippen LogP contribution is 2.35. The molecule has 1 N–H and O–H groups in total. The van der Waals surface area contributed by atoms with Crippen LogP contribution in [0.1, 0.15) is 18.9 Å². The van der Waals surface area contributed by atoms with Crippen LogP contribution in [0.2, 0.25) is 0 Å². The van der Waals surface area contributed by atoms with Crippen molar-refractivity contribution in [1.29, 1.82) is 0 Å². The first-order valence-electron chi connectivity index (χ1n) is 6.83. The number of nitrogens with zero attached hydrogens (tertiary/aromatic N) is 1. The lowest BCUT2D eigenvalue weighted by Crippen LogP contribution is -2.09. The topological polar surface area (TPSA) is 34.2 Å². The van der Waals surface area contributed by atoms with Gasteiger partial charge in [0.25, 0.3) is 0 Å². The average molecular weight is 254 g/mol. The molecule has 0 saturated heterocycles. The number of rotatable bonds is 3. The van der Waals surface area contributed by atoms with Crippen molar-refractivity contribution in [2.75, 3.05) is 18.5 Å². The van der Waals surface area contributed by atoms with E-state index in [1.165, 1.54) is 5.56 Å². The average Bonchev–Trinajstić information content (AvgIpc) is 2.47. The van der Waals surface area contributed by atoms with E-state index in [1.54, 1.807) is 0 Å². The summed E-state index contributed by atoms with van der Waals surface area (Å²) in [5.41, 5.74) is 4.45. The van der Waals surface area contributed by atoms with Crippen molar-refractivity contribution in [2.45, 2.75) is 19.8 Å². The Balaban J connectivity index is 2.04. The summed E-state index contributed by atoms with van der Waals surface area (Å²) in [6.07, 6.45) is 4.03. The summed E-state index contributed by atoms with van der Waals surface area (Å²) in [5.74, 6) is 1.01. The van der Waals surface area contributed by atoms with Crippen LogP contribution >= 0.6 is 0 Å². The van der Waals surface area contributed by atoms with Gasteiger partial charge in [-0.05, 0) is 43.5 Å². The normalized spacial score (nSPS) is 13.5. The Morgan fingerprint density at radius 3 is 3.16 bits per heavy atom. The molecule has 19 heavy (non-hydrogen) atoms. The SMILES string of the molecule is CCNc1ccnc(-c2cccc3c2OCCC3)c1. The van der Waals surface area contributed by atoms with E-state index in [0.717, 1.165) is 48.7 Å². The van der Waals surface area contributed by atoms with Gasteiger partial charge in [-0.15, -0.1) is 0 Å². The summed E-state index contributed by atoms with van der Waals surface area (Å²) in [6, 6.07) is 10.4. The number of hydrogen-bond donors (Lipinski definition) is 1. The molecule has 3 nitrogen and oxygen atoms in total. The maximum Gasteiger partial charge on any atom is 0.131 e. The minimum Gasteiger partial charge on any atom is -0.493 e. The second kappa shape index (κ2) is 5.31. The fraction of sp³-hybridized carbons (Fsp3) is 0.312. The molecule has 1 aromatic carbocycles. The van der Waals surface area contributed by atoms with Gasteiger partial charge in [0.15, 0.2) is 0 Å². The molecule has 3 heteroatoms. The van der Waals surface area contributed by atoms with E-state index in [4.69, 9.17) is 4.74 Å². The number of benzene rings is 1. The Bertz CT molecular complexity index is 581. The van der Waals surface area contributed by atoms with Crippen molar-refractivity contribution < 1.29 is 4.74 Å². The summed E-state index contributed by atoms with van der Waals surface area (Å²) in [7, 11) is 0. The van der Waals surface area contributed by atoms with Gasteiger partial charge in [-0.1, -0.05) is 12.1 Å². The van der Waals surface area contributed by atoms with Crippen LogP contribution in [0.4, 0.5) is 5.69 Å². The maximum atomic E-state index is 5.85. The number of aromatic nitrogens is 1. The molecule has 0 atom stereocenters. The molecule has 1 aliphatic heterocycles. The highest BCUT2D eigenvalue weighted by atomic mass is 16.5. The largest absolute Gasteiger partial charge is 0.493 e. The van der Waals surface area contributed by atoms with Crippen molar-refractivity contribution >= 4 is 5.69 Å². The quantitative estimate of drug-likeness (QED) is 0.910. The second-order valence-electron chi connectivity index (χ2n) is 4.71. The fourth-order valence-electron chi connectivity index (χ4n) is 2.48. The number of nitrogens with one attached hydrogen (secondary N) is 1. The van der Waals surface area contributed by atoms with E-state index >= 15 is 0 Å². The number of aryl methyl sites for hydroxylation is 1. The van der Waals surface area contributed by atoms with Gasteiger partial charge in [-0.3, -0.25) is 4.98 Å². The van der Waals surface area contributed by atoms with Gasteiger partial charge in [0.05, 0.1) is 12.3 Å². The lowest BCUT2D eigenvalue weighted by molar-refractivity contribution is 0.289. The van der Waals surface area contributed by atoms with Crippen LogP contribution in [-0.4, -0.2) is 18.1 Å². The van der Waals surface area contributed by atoms with E-state index < -0.39 is 0 Å². The number of para-hydroxylation sites is 1. The number of fused-ring (bicyclic) bond motifs is 1. The van der Waals surface area contributed by atoms with Gasteiger partial charge in [-0.25, -0.2) is 0 Å². The van der Waals surface area contributed by atoms with Crippen LogP contribution in [0.15, 0.2) is 36.5 Å². The predicted octanol–water partition coefficient (Wildman–Crippen LogP) is 3.51. The van der Waals surface area contributed by atoms with Crippen LogP contribution in [0.25, 0.3) is 11.3 Å². The predicted molar refractivity (Wildman–Crippen MR) is 77.7 cm³/mol. The minimum atomic E-state index is 0.802. The molecule has 0 fully saturated rings. The number of ether oxygens (including phenoxy) is 1. The number of hydrogen-bond acceptors (Lipinski definition) is 3. The standard InChI is InChI=1S/C16H18N2O/c1-2-17-13-8-9-18-15(11-13)14-7-3-5-12-6-4-10-19-16(12)14/h3,5,7-9,11H,2,4,6,10H2,1H3,(H,17,18). The first-order chi connectivity index (χ1) is 9.38. The van der Waals surface area contributed by atoms with E-state index in [1.807, 2.05) is 12.3 Å². The Morgan fingerprint density at radius 1 is 1.32 bits per heavy atom. The van der Waals surface area contributed by atoms with Crippen LogP contribution in [-0.2, 0) is 6.42 Å². The monoisotopic (exact) mass is 254 g/mol. The van der Waals surface area contributed by atoms with Crippen LogP contribution in [0, 0.1) is 0 Å². The Morgan fingerprint density at radius 2 is 2.26 bits per heavy atom. The highest BCUT2D eigenvalue weighted by molar-refractivity contribution is 5.72. The van der Waals surface area contributed by atoms with Gasteiger partial charge in [0.1, 0.15) is 5.75 Å². The summed E-state index contributed by atoms with van der Waals surface area (Å²) in [6.45, 7) is 3.80. The molecule has 0 saturated carbocycles. The molecule has 1 aromatic heterocycles. The summed E-state index contributed by atoms with van der Waals surface area (Å²) in [4.78, 5) is 4.48. The lowest BCUT2D eigenvalue weighted by Gasteiger charge is -2.20. The molecule has 0 spiro atoms. The number of anilines is 1. The van der Waals surface area contributed by atoms with Crippen LogP contribution < -0.4 is 10.1 Å². The zero-order chi connectivity index (χ0) is 13.1. The zero-order valence-corrected chi connectivity index (χ0v) is 11.1. The van der Waals surface area contributed by atoms with Crippen LogP contribution in [0.3, 0.4) is 0 Å². The van der Waals surface area contributed by atoms with Crippen LogP contribution in [0.5, 0.6) is 5.75 Å². The van der Waals surface area contributed by atoms with Gasteiger partial charge in [-0.2, -0.15) is 0 Å². The van der Waals surface area contributed by atoms with E-state index in [2.05, 4.69) is 41.5 Å². The lowest BCUT2D eigenvalue weighted by atomic mass is 10.0. The molecular formula is C16H18N2O. The first kappa shape index (κ1) is 12.0. The Labute approximate surface area is 113 Å². The molecule has 3 rings (SSSR count). The minimum absolute atomic E-state index is 0.802. The molecule has 0 amide bonds. The highest BCUT2D eigenvalue weighted by Gasteiger charge is 2.16. The molecule has 0 unspecified atom stereocenters.